The molecule has 0 atom stereocenters. The lowest BCUT2D eigenvalue weighted by Gasteiger charge is -1.97. The van der Waals surface area contributed by atoms with Gasteiger partial charge < -0.3 is 5.11 Å². The predicted octanol–water partition coefficient (Wildman–Crippen LogP) is 4.32. The summed E-state index contributed by atoms with van der Waals surface area (Å²) in [5.41, 5.74) is 0.263. The average Bonchev–Trinajstić information content (AvgIpc) is 2.26. The summed E-state index contributed by atoms with van der Waals surface area (Å²) >= 11 is 0. The van der Waals surface area contributed by atoms with E-state index in [-0.39, 0.29) is 5.57 Å². The summed E-state index contributed by atoms with van der Waals surface area (Å²) in [6.07, 6.45) is 13.3. The minimum Gasteiger partial charge on any atom is -0.478 e. The number of hydrogen-bond acceptors (Lipinski definition) is 1. The van der Waals surface area contributed by atoms with E-state index in [1.165, 1.54) is 38.5 Å². The van der Waals surface area contributed by atoms with Crippen LogP contribution in [0.15, 0.2) is 24.3 Å². The fourth-order valence-corrected chi connectivity index (χ4v) is 1.47. The summed E-state index contributed by atoms with van der Waals surface area (Å²) in [7, 11) is 0. The molecule has 0 radical (unpaired) electrons. The lowest BCUT2D eigenvalue weighted by Crippen LogP contribution is -1.96. The number of aliphatic carboxylic acids is 1. The van der Waals surface area contributed by atoms with Gasteiger partial charge in [-0.05, 0) is 19.3 Å². The first-order chi connectivity index (χ1) is 7.68. The molecule has 0 spiro atoms. The Hall–Kier alpha value is -1.05. The van der Waals surface area contributed by atoms with Gasteiger partial charge in [0.1, 0.15) is 0 Å². The SMILES string of the molecule is C=C(CC=CCCCCCCCC)C(=O)O. The Morgan fingerprint density at radius 1 is 1.12 bits per heavy atom. The number of allylic oxidation sites excluding steroid dienone is 2. The third-order valence-electron chi connectivity index (χ3n) is 2.56. The van der Waals surface area contributed by atoms with E-state index in [4.69, 9.17) is 5.11 Å². The van der Waals surface area contributed by atoms with Gasteiger partial charge in [-0.1, -0.05) is 57.8 Å². The molecule has 1 N–H and O–H groups in total. The van der Waals surface area contributed by atoms with E-state index in [0.717, 1.165) is 6.42 Å². The Labute approximate surface area is 99.1 Å². The molecule has 0 aromatic carbocycles. The first-order valence-corrected chi connectivity index (χ1v) is 6.24. The minimum absolute atomic E-state index is 0.263. The Bertz CT molecular complexity index is 229. The summed E-state index contributed by atoms with van der Waals surface area (Å²) < 4.78 is 0. The average molecular weight is 224 g/mol. The lowest BCUT2D eigenvalue weighted by molar-refractivity contribution is -0.132. The first kappa shape index (κ1) is 14.9. The zero-order valence-electron chi connectivity index (χ0n) is 10.4. The summed E-state index contributed by atoms with van der Waals surface area (Å²) in [4.78, 5) is 10.4. The molecule has 0 aliphatic carbocycles. The summed E-state index contributed by atoms with van der Waals surface area (Å²) in [5.74, 6) is -0.899. The zero-order chi connectivity index (χ0) is 12.2. The van der Waals surface area contributed by atoms with Crippen molar-refractivity contribution in [3.8, 4) is 0 Å². The molecule has 0 aromatic heterocycles. The number of carboxylic acids is 1. The van der Waals surface area contributed by atoms with Crippen LogP contribution in [0.3, 0.4) is 0 Å². The van der Waals surface area contributed by atoms with Crippen LogP contribution >= 0.6 is 0 Å². The van der Waals surface area contributed by atoms with Crippen LogP contribution in [-0.2, 0) is 4.79 Å². The molecule has 0 saturated heterocycles. The summed E-state index contributed by atoms with van der Waals surface area (Å²) in [6.45, 7) is 5.69. The molecule has 0 aliphatic rings. The van der Waals surface area contributed by atoms with Crippen LogP contribution in [0.5, 0.6) is 0 Å². The maximum absolute atomic E-state index is 10.4. The van der Waals surface area contributed by atoms with E-state index in [9.17, 15) is 4.79 Å². The van der Waals surface area contributed by atoms with Gasteiger partial charge in [0.2, 0.25) is 0 Å². The van der Waals surface area contributed by atoms with Crippen molar-refractivity contribution in [3.63, 3.8) is 0 Å². The Morgan fingerprint density at radius 3 is 2.38 bits per heavy atom. The summed E-state index contributed by atoms with van der Waals surface area (Å²) in [5, 5.41) is 8.57. The number of hydrogen-bond donors (Lipinski definition) is 1. The third-order valence-corrected chi connectivity index (χ3v) is 2.56. The fourth-order valence-electron chi connectivity index (χ4n) is 1.47. The Kier molecular flexibility index (Phi) is 9.78. The van der Waals surface area contributed by atoms with Crippen LogP contribution in [0.2, 0.25) is 0 Å². The molecule has 0 fully saturated rings. The molecule has 0 saturated carbocycles. The van der Waals surface area contributed by atoms with Crippen LogP contribution in [0.1, 0.15) is 58.3 Å². The standard InChI is InChI=1S/C14H24O2/c1-3-4-5-6-7-8-9-10-11-12-13(2)14(15)16/h10-11H,2-9,12H2,1H3,(H,15,16). The van der Waals surface area contributed by atoms with Crippen LogP contribution in [-0.4, -0.2) is 11.1 Å². The largest absolute Gasteiger partial charge is 0.478 e. The second-order valence-electron chi connectivity index (χ2n) is 4.14. The van der Waals surface area contributed by atoms with Crippen LogP contribution in [0, 0.1) is 0 Å². The Morgan fingerprint density at radius 2 is 1.75 bits per heavy atom. The van der Waals surface area contributed by atoms with E-state index in [0.29, 0.717) is 6.42 Å². The monoisotopic (exact) mass is 224 g/mol. The van der Waals surface area contributed by atoms with Crippen molar-refractivity contribution in [1.82, 2.24) is 0 Å². The fraction of sp³-hybridized carbons (Fsp3) is 0.643. The van der Waals surface area contributed by atoms with Gasteiger partial charge in [0.25, 0.3) is 0 Å². The van der Waals surface area contributed by atoms with Crippen molar-refractivity contribution in [1.29, 1.82) is 0 Å². The molecule has 2 heteroatoms. The van der Waals surface area contributed by atoms with Crippen molar-refractivity contribution in [3.05, 3.63) is 24.3 Å². The normalized spacial score (nSPS) is 10.8. The summed E-state index contributed by atoms with van der Waals surface area (Å²) in [6, 6.07) is 0. The van der Waals surface area contributed by atoms with Crippen LogP contribution in [0.25, 0.3) is 0 Å². The van der Waals surface area contributed by atoms with Gasteiger partial charge in [-0.3, -0.25) is 0 Å². The second-order valence-corrected chi connectivity index (χ2v) is 4.14. The molecule has 0 heterocycles. The zero-order valence-corrected chi connectivity index (χ0v) is 10.4. The molecular weight excluding hydrogens is 200 g/mol. The van der Waals surface area contributed by atoms with Gasteiger partial charge in [-0.15, -0.1) is 0 Å². The van der Waals surface area contributed by atoms with Gasteiger partial charge in [-0.2, -0.15) is 0 Å². The Balaban J connectivity index is 3.28. The van der Waals surface area contributed by atoms with Crippen LogP contribution in [0.4, 0.5) is 0 Å². The first-order valence-electron chi connectivity index (χ1n) is 6.24. The third kappa shape index (κ3) is 9.50. The predicted molar refractivity (Wildman–Crippen MR) is 68.5 cm³/mol. The number of rotatable bonds is 10. The number of carbonyl (C=O) groups is 1. The molecule has 0 bridgehead atoms. The number of unbranched alkanes of at least 4 members (excludes halogenated alkanes) is 6. The van der Waals surface area contributed by atoms with Gasteiger partial charge in [0, 0.05) is 5.57 Å². The van der Waals surface area contributed by atoms with Crippen molar-refractivity contribution in [2.45, 2.75) is 58.3 Å². The van der Waals surface area contributed by atoms with E-state index in [1.54, 1.807) is 0 Å². The van der Waals surface area contributed by atoms with E-state index in [2.05, 4.69) is 19.6 Å². The highest BCUT2D eigenvalue weighted by atomic mass is 16.4. The molecular formula is C14H24O2. The minimum atomic E-state index is -0.899. The quantitative estimate of drug-likeness (QED) is 0.341. The van der Waals surface area contributed by atoms with E-state index >= 15 is 0 Å². The molecule has 0 aromatic rings. The maximum atomic E-state index is 10.4. The van der Waals surface area contributed by atoms with Crippen molar-refractivity contribution >= 4 is 5.97 Å². The molecule has 2 nitrogen and oxygen atoms in total. The van der Waals surface area contributed by atoms with Crippen molar-refractivity contribution in [2.75, 3.05) is 0 Å². The highest BCUT2D eigenvalue weighted by molar-refractivity contribution is 5.85. The van der Waals surface area contributed by atoms with E-state index in [1.807, 2.05) is 6.08 Å². The molecule has 0 amide bonds. The van der Waals surface area contributed by atoms with E-state index < -0.39 is 5.97 Å². The van der Waals surface area contributed by atoms with Crippen molar-refractivity contribution < 1.29 is 9.90 Å². The molecule has 16 heavy (non-hydrogen) atoms. The van der Waals surface area contributed by atoms with Gasteiger partial charge >= 0.3 is 5.97 Å². The van der Waals surface area contributed by atoms with Gasteiger partial charge in [-0.25, -0.2) is 4.79 Å². The van der Waals surface area contributed by atoms with Gasteiger partial charge in [0.05, 0.1) is 0 Å². The molecule has 0 aliphatic heterocycles. The smallest absolute Gasteiger partial charge is 0.331 e. The molecule has 0 rings (SSSR count). The van der Waals surface area contributed by atoms with Gasteiger partial charge in [0.15, 0.2) is 0 Å². The van der Waals surface area contributed by atoms with Crippen LogP contribution < -0.4 is 0 Å². The molecule has 92 valence electrons. The molecule has 0 unspecified atom stereocenters. The maximum Gasteiger partial charge on any atom is 0.331 e. The van der Waals surface area contributed by atoms with Crippen molar-refractivity contribution in [2.24, 2.45) is 0 Å². The lowest BCUT2D eigenvalue weighted by atomic mass is 10.1. The second kappa shape index (κ2) is 10.5. The topological polar surface area (TPSA) is 37.3 Å². The number of carboxylic acid groups (broad SMARTS) is 1. The highest BCUT2D eigenvalue weighted by Gasteiger charge is 1.99. The highest BCUT2D eigenvalue weighted by Crippen LogP contribution is 2.08.